The first-order chi connectivity index (χ1) is 14.9. The number of rotatable bonds is 6. The molecule has 0 amide bonds. The van der Waals surface area contributed by atoms with E-state index >= 15 is 0 Å². The predicted molar refractivity (Wildman–Crippen MR) is 119 cm³/mol. The Labute approximate surface area is 182 Å². The van der Waals surface area contributed by atoms with E-state index in [1.807, 2.05) is 38.1 Å². The summed E-state index contributed by atoms with van der Waals surface area (Å²) in [6.07, 6.45) is 0. The molecule has 0 bridgehead atoms. The maximum absolute atomic E-state index is 13.5. The normalized spacial score (nSPS) is 11.1. The largest absolute Gasteiger partial charge is 0.494 e. The van der Waals surface area contributed by atoms with Gasteiger partial charge in [-0.25, -0.2) is 9.78 Å². The number of carbonyl (C=O) groups excluding carboxylic acids is 1. The maximum atomic E-state index is 13.5. The smallest absolute Gasteiger partial charge is 0.373 e. The molecule has 0 radical (unpaired) electrons. The summed E-state index contributed by atoms with van der Waals surface area (Å²) in [4.78, 5) is 31.5. The fraction of sp³-hybridized carbons (Fsp3) is 0.261. The van der Waals surface area contributed by atoms with Crippen molar-refractivity contribution in [3.05, 3.63) is 69.0 Å². The van der Waals surface area contributed by atoms with E-state index < -0.39 is 5.97 Å². The van der Waals surface area contributed by atoms with Gasteiger partial charge in [-0.3, -0.25) is 9.36 Å². The molecule has 4 aromatic rings. The van der Waals surface area contributed by atoms with Crippen LogP contribution in [0.5, 0.6) is 5.75 Å². The quantitative estimate of drug-likeness (QED) is 0.410. The zero-order valence-electron chi connectivity index (χ0n) is 17.7. The number of thiophene rings is 1. The van der Waals surface area contributed by atoms with Crippen LogP contribution in [0.1, 0.15) is 33.9 Å². The zero-order valence-corrected chi connectivity index (χ0v) is 18.5. The van der Waals surface area contributed by atoms with Crippen molar-refractivity contribution in [3.8, 4) is 16.9 Å². The maximum Gasteiger partial charge on any atom is 0.373 e. The van der Waals surface area contributed by atoms with Gasteiger partial charge in [-0.15, -0.1) is 11.3 Å². The third-order valence-electron chi connectivity index (χ3n) is 4.99. The minimum Gasteiger partial charge on any atom is -0.494 e. The molecule has 4 rings (SSSR count). The first-order valence-electron chi connectivity index (χ1n) is 9.83. The Morgan fingerprint density at radius 3 is 2.58 bits per heavy atom. The number of fused-ring (bicyclic) bond motifs is 1. The van der Waals surface area contributed by atoms with Gasteiger partial charge in [0.2, 0.25) is 5.76 Å². The second kappa shape index (κ2) is 8.39. The summed E-state index contributed by atoms with van der Waals surface area (Å²) in [5.41, 5.74) is 1.67. The van der Waals surface area contributed by atoms with Crippen molar-refractivity contribution in [2.75, 3.05) is 13.7 Å². The van der Waals surface area contributed by atoms with E-state index in [9.17, 15) is 9.59 Å². The van der Waals surface area contributed by atoms with E-state index in [4.69, 9.17) is 9.15 Å². The monoisotopic (exact) mass is 438 g/mol. The van der Waals surface area contributed by atoms with E-state index in [0.29, 0.717) is 28.4 Å². The summed E-state index contributed by atoms with van der Waals surface area (Å²) in [6, 6.07) is 10.9. The predicted octanol–water partition coefficient (Wildman–Crippen LogP) is 4.57. The van der Waals surface area contributed by atoms with E-state index in [-0.39, 0.29) is 17.9 Å². The molecule has 0 aliphatic rings. The lowest BCUT2D eigenvalue weighted by atomic mass is 10.0. The minimum atomic E-state index is -0.560. The summed E-state index contributed by atoms with van der Waals surface area (Å²) >= 11 is 1.50. The van der Waals surface area contributed by atoms with Gasteiger partial charge in [-0.05, 0) is 50.6 Å². The lowest BCUT2D eigenvalue weighted by molar-refractivity contribution is 0.0563. The Kier molecular flexibility index (Phi) is 5.65. The molecule has 0 atom stereocenters. The second-order valence-corrected chi connectivity index (χ2v) is 8.18. The molecule has 8 heteroatoms. The molecule has 1 aromatic carbocycles. The lowest BCUT2D eigenvalue weighted by Crippen LogP contribution is -2.24. The molecular formula is C23H22N2O5S. The third-order valence-corrected chi connectivity index (χ3v) is 5.99. The highest BCUT2D eigenvalue weighted by Crippen LogP contribution is 2.36. The van der Waals surface area contributed by atoms with Crippen molar-refractivity contribution >= 4 is 27.5 Å². The van der Waals surface area contributed by atoms with Crippen LogP contribution in [0.2, 0.25) is 0 Å². The molecule has 0 fully saturated rings. The van der Waals surface area contributed by atoms with Gasteiger partial charge >= 0.3 is 5.97 Å². The molecule has 3 heterocycles. The average molecular weight is 439 g/mol. The summed E-state index contributed by atoms with van der Waals surface area (Å²) in [5, 5.41) is 0.581. The van der Waals surface area contributed by atoms with Gasteiger partial charge in [0.25, 0.3) is 5.56 Å². The molecule has 0 N–H and O–H groups in total. The van der Waals surface area contributed by atoms with Gasteiger partial charge in [0, 0.05) is 10.4 Å². The number of benzene rings is 1. The van der Waals surface area contributed by atoms with E-state index in [0.717, 1.165) is 21.8 Å². The van der Waals surface area contributed by atoms with Crippen molar-refractivity contribution in [1.82, 2.24) is 9.55 Å². The number of hydrogen-bond acceptors (Lipinski definition) is 7. The number of ether oxygens (including phenoxy) is 2. The third kappa shape index (κ3) is 3.86. The fourth-order valence-electron chi connectivity index (χ4n) is 3.54. The number of aryl methyl sites for hydroxylation is 2. The van der Waals surface area contributed by atoms with Crippen LogP contribution in [0, 0.1) is 13.8 Å². The van der Waals surface area contributed by atoms with Gasteiger partial charge in [0.05, 0.1) is 25.6 Å². The molecule has 0 unspecified atom stereocenters. The minimum absolute atomic E-state index is 0.0960. The highest BCUT2D eigenvalue weighted by atomic mass is 32.1. The summed E-state index contributed by atoms with van der Waals surface area (Å²) in [6.45, 7) is 6.48. The molecule has 0 saturated heterocycles. The fourth-order valence-corrected chi connectivity index (χ4v) is 4.62. The van der Waals surface area contributed by atoms with Crippen LogP contribution >= 0.6 is 11.3 Å². The van der Waals surface area contributed by atoms with Gasteiger partial charge in [0.1, 0.15) is 22.2 Å². The number of nitrogens with zero attached hydrogens (tertiary/aromatic N) is 2. The van der Waals surface area contributed by atoms with Crippen molar-refractivity contribution in [3.63, 3.8) is 0 Å². The highest BCUT2D eigenvalue weighted by molar-refractivity contribution is 7.19. The molecule has 0 aliphatic carbocycles. The van der Waals surface area contributed by atoms with Crippen molar-refractivity contribution in [1.29, 1.82) is 0 Å². The van der Waals surface area contributed by atoms with Gasteiger partial charge < -0.3 is 13.9 Å². The van der Waals surface area contributed by atoms with Gasteiger partial charge in [-0.2, -0.15) is 0 Å². The zero-order chi connectivity index (χ0) is 22.1. The summed E-state index contributed by atoms with van der Waals surface area (Å²) < 4.78 is 17.3. The van der Waals surface area contributed by atoms with Gasteiger partial charge in [0.15, 0.2) is 0 Å². The number of methoxy groups -OCH3 is 1. The molecule has 31 heavy (non-hydrogen) atoms. The van der Waals surface area contributed by atoms with Crippen LogP contribution in [-0.2, 0) is 11.3 Å². The number of aromatic nitrogens is 2. The summed E-state index contributed by atoms with van der Waals surface area (Å²) in [7, 11) is 1.29. The molecule has 7 nitrogen and oxygen atoms in total. The van der Waals surface area contributed by atoms with Crippen LogP contribution < -0.4 is 10.3 Å². The van der Waals surface area contributed by atoms with Crippen LogP contribution in [-0.4, -0.2) is 29.2 Å². The molecule has 0 saturated carbocycles. The summed E-state index contributed by atoms with van der Waals surface area (Å²) in [5.74, 6) is 1.37. The van der Waals surface area contributed by atoms with Crippen molar-refractivity contribution in [2.45, 2.75) is 27.3 Å². The topological polar surface area (TPSA) is 83.6 Å². The molecule has 0 spiro atoms. The molecule has 160 valence electrons. The Bertz CT molecular complexity index is 1310. The Hall–Kier alpha value is -3.39. The highest BCUT2D eigenvalue weighted by Gasteiger charge is 2.20. The van der Waals surface area contributed by atoms with Crippen LogP contribution in [0.4, 0.5) is 0 Å². The number of furan rings is 1. The van der Waals surface area contributed by atoms with E-state index in [1.165, 1.54) is 24.5 Å². The first kappa shape index (κ1) is 20.9. The Morgan fingerprint density at radius 1 is 1.16 bits per heavy atom. The standard InChI is InChI=1S/C23H22N2O5S/c1-5-29-16-8-6-15(7-9-16)19-13(2)31-21-20(19)22(26)25(14(3)24-21)12-17-10-11-18(30-17)23(27)28-4/h6-11H,5,12H2,1-4H3. The van der Waals surface area contributed by atoms with Crippen LogP contribution in [0.25, 0.3) is 21.3 Å². The number of carbonyl (C=O) groups is 1. The average Bonchev–Trinajstić information content (AvgIpc) is 3.35. The molecule has 0 aliphatic heterocycles. The molecule has 3 aromatic heterocycles. The SMILES string of the molecule is CCOc1ccc(-c2c(C)sc3nc(C)n(Cc4ccc(C(=O)OC)o4)c(=O)c23)cc1. The lowest BCUT2D eigenvalue weighted by Gasteiger charge is -2.09. The molecular weight excluding hydrogens is 416 g/mol. The Balaban J connectivity index is 1.80. The Morgan fingerprint density at radius 2 is 1.90 bits per heavy atom. The van der Waals surface area contributed by atoms with Gasteiger partial charge in [-0.1, -0.05) is 12.1 Å². The van der Waals surface area contributed by atoms with Crippen LogP contribution in [0.3, 0.4) is 0 Å². The number of hydrogen-bond donors (Lipinski definition) is 0. The van der Waals surface area contributed by atoms with Crippen LogP contribution in [0.15, 0.2) is 45.6 Å². The van der Waals surface area contributed by atoms with Crippen molar-refractivity contribution in [2.24, 2.45) is 0 Å². The van der Waals surface area contributed by atoms with E-state index in [1.54, 1.807) is 17.6 Å². The van der Waals surface area contributed by atoms with Crippen molar-refractivity contribution < 1.29 is 18.7 Å². The first-order valence-corrected chi connectivity index (χ1v) is 10.6. The second-order valence-electron chi connectivity index (χ2n) is 6.98. The number of esters is 1. The van der Waals surface area contributed by atoms with E-state index in [2.05, 4.69) is 9.72 Å².